The van der Waals surface area contributed by atoms with Crippen molar-refractivity contribution in [1.82, 2.24) is 14.9 Å². The molecule has 0 spiro atoms. The molecule has 0 aromatic carbocycles. The van der Waals surface area contributed by atoms with Crippen LogP contribution < -0.4 is 4.90 Å². The predicted molar refractivity (Wildman–Crippen MR) is 93.0 cm³/mol. The van der Waals surface area contributed by atoms with Crippen LogP contribution in [0, 0.1) is 0 Å². The summed E-state index contributed by atoms with van der Waals surface area (Å²) >= 11 is 1.52. The molecule has 0 radical (unpaired) electrons. The van der Waals surface area contributed by atoms with Crippen LogP contribution in [0.2, 0.25) is 0 Å². The summed E-state index contributed by atoms with van der Waals surface area (Å²) < 4.78 is 5.52. The standard InChI is InChI=1S/C16H26N4O2S/c1-16(2,3)22-15(21)20-10-6-7-12(20)11-19(4)13-8-9-17-14(18-13)23-5/h8-9,12H,6-7,10-11H2,1-5H3/t12-/m0/s1. The monoisotopic (exact) mass is 338 g/mol. The number of aromatic nitrogens is 2. The second-order valence-electron chi connectivity index (χ2n) is 6.75. The molecular weight excluding hydrogens is 312 g/mol. The number of likely N-dealkylation sites (tertiary alicyclic amines) is 1. The molecule has 0 saturated carbocycles. The zero-order valence-electron chi connectivity index (χ0n) is 14.6. The number of amides is 1. The second-order valence-corrected chi connectivity index (χ2v) is 7.53. The van der Waals surface area contributed by atoms with Gasteiger partial charge in [0.1, 0.15) is 11.4 Å². The van der Waals surface area contributed by atoms with Gasteiger partial charge in [0.05, 0.1) is 6.04 Å². The van der Waals surface area contributed by atoms with Crippen LogP contribution >= 0.6 is 11.8 Å². The van der Waals surface area contributed by atoms with E-state index in [1.807, 2.05) is 45.0 Å². The van der Waals surface area contributed by atoms with Gasteiger partial charge in [0.15, 0.2) is 5.16 Å². The second kappa shape index (κ2) is 7.38. The zero-order chi connectivity index (χ0) is 17.0. The largest absolute Gasteiger partial charge is 0.444 e. The number of likely N-dealkylation sites (N-methyl/N-ethyl adjacent to an activating group) is 1. The van der Waals surface area contributed by atoms with Gasteiger partial charge in [0.25, 0.3) is 0 Å². The Hall–Kier alpha value is -1.50. The molecule has 1 aromatic rings. The minimum atomic E-state index is -0.462. The lowest BCUT2D eigenvalue weighted by atomic mass is 10.2. The van der Waals surface area contributed by atoms with Gasteiger partial charge in [0.2, 0.25) is 0 Å². The highest BCUT2D eigenvalue weighted by Crippen LogP contribution is 2.23. The molecule has 1 aromatic heterocycles. The Balaban J connectivity index is 2.01. The Kier molecular flexibility index (Phi) is 5.73. The maximum absolute atomic E-state index is 12.3. The maximum Gasteiger partial charge on any atom is 0.410 e. The number of ether oxygens (including phenoxy) is 1. The van der Waals surface area contributed by atoms with Crippen molar-refractivity contribution in [3.8, 4) is 0 Å². The third kappa shape index (κ3) is 4.99. The molecule has 7 heteroatoms. The van der Waals surface area contributed by atoms with Gasteiger partial charge in [0, 0.05) is 26.3 Å². The molecule has 1 aliphatic heterocycles. The molecule has 0 bridgehead atoms. The summed E-state index contributed by atoms with van der Waals surface area (Å²) in [6, 6.07) is 2.05. The van der Waals surface area contributed by atoms with E-state index in [0.717, 1.165) is 36.9 Å². The highest BCUT2D eigenvalue weighted by Gasteiger charge is 2.32. The van der Waals surface area contributed by atoms with Crippen molar-refractivity contribution in [2.24, 2.45) is 0 Å². The zero-order valence-corrected chi connectivity index (χ0v) is 15.4. The molecule has 23 heavy (non-hydrogen) atoms. The van der Waals surface area contributed by atoms with Gasteiger partial charge in [-0.2, -0.15) is 0 Å². The first-order valence-corrected chi connectivity index (χ1v) is 9.10. The first-order valence-electron chi connectivity index (χ1n) is 7.88. The normalized spacial score (nSPS) is 18.1. The van der Waals surface area contributed by atoms with E-state index in [-0.39, 0.29) is 12.1 Å². The number of carbonyl (C=O) groups excluding carboxylic acids is 1. The quantitative estimate of drug-likeness (QED) is 0.621. The van der Waals surface area contributed by atoms with Gasteiger partial charge in [-0.25, -0.2) is 14.8 Å². The van der Waals surface area contributed by atoms with E-state index in [1.54, 1.807) is 6.20 Å². The molecule has 1 fully saturated rings. The fraction of sp³-hybridized carbons (Fsp3) is 0.688. The van der Waals surface area contributed by atoms with Crippen LogP contribution in [0.25, 0.3) is 0 Å². The molecule has 1 saturated heterocycles. The summed E-state index contributed by atoms with van der Waals surface area (Å²) in [6.45, 7) is 7.18. The summed E-state index contributed by atoms with van der Waals surface area (Å²) in [6.07, 6.45) is 5.51. The van der Waals surface area contributed by atoms with Crippen molar-refractivity contribution in [1.29, 1.82) is 0 Å². The summed E-state index contributed by atoms with van der Waals surface area (Å²) in [7, 11) is 2.00. The van der Waals surface area contributed by atoms with Gasteiger partial charge in [-0.15, -0.1) is 0 Å². The molecule has 128 valence electrons. The number of hydrogen-bond donors (Lipinski definition) is 0. The summed E-state index contributed by atoms with van der Waals surface area (Å²) in [5.41, 5.74) is -0.462. The lowest BCUT2D eigenvalue weighted by Crippen LogP contribution is -2.44. The molecule has 1 aliphatic rings. The van der Waals surface area contributed by atoms with Crippen molar-refractivity contribution in [2.75, 3.05) is 31.3 Å². The Morgan fingerprint density at radius 3 is 2.91 bits per heavy atom. The third-order valence-corrected chi connectivity index (χ3v) is 4.24. The average molecular weight is 338 g/mol. The fourth-order valence-electron chi connectivity index (χ4n) is 2.64. The Bertz CT molecular complexity index is 547. The Morgan fingerprint density at radius 2 is 2.26 bits per heavy atom. The van der Waals surface area contributed by atoms with E-state index in [0.29, 0.717) is 0 Å². The highest BCUT2D eigenvalue weighted by molar-refractivity contribution is 7.98. The van der Waals surface area contributed by atoms with Crippen molar-refractivity contribution < 1.29 is 9.53 Å². The first kappa shape index (κ1) is 17.8. The van der Waals surface area contributed by atoms with Crippen LogP contribution in [-0.4, -0.2) is 59.0 Å². The van der Waals surface area contributed by atoms with E-state index >= 15 is 0 Å². The van der Waals surface area contributed by atoms with Crippen LogP contribution in [0.1, 0.15) is 33.6 Å². The number of nitrogens with zero attached hydrogens (tertiary/aromatic N) is 4. The minimum absolute atomic E-state index is 0.155. The number of rotatable bonds is 4. The summed E-state index contributed by atoms with van der Waals surface area (Å²) in [5, 5.41) is 0.754. The van der Waals surface area contributed by atoms with E-state index in [9.17, 15) is 4.79 Å². The Labute approximate surface area is 142 Å². The van der Waals surface area contributed by atoms with Crippen LogP contribution in [0.4, 0.5) is 10.6 Å². The first-order chi connectivity index (χ1) is 10.8. The third-order valence-electron chi connectivity index (χ3n) is 3.68. The van der Waals surface area contributed by atoms with Crippen molar-refractivity contribution in [3.63, 3.8) is 0 Å². The van der Waals surface area contributed by atoms with Crippen LogP contribution in [0.3, 0.4) is 0 Å². The molecule has 1 atom stereocenters. The summed E-state index contributed by atoms with van der Waals surface area (Å²) in [4.78, 5) is 25.0. The van der Waals surface area contributed by atoms with E-state index in [4.69, 9.17) is 4.74 Å². The van der Waals surface area contributed by atoms with Gasteiger partial charge in [-0.1, -0.05) is 11.8 Å². The molecule has 0 aliphatic carbocycles. The molecule has 2 heterocycles. The molecular formula is C16H26N4O2S. The SMILES string of the molecule is CSc1nccc(N(C)C[C@@H]2CCCN2C(=O)OC(C)(C)C)n1. The van der Waals surface area contributed by atoms with Crippen molar-refractivity contribution in [3.05, 3.63) is 12.3 Å². The predicted octanol–water partition coefficient (Wildman–Crippen LogP) is 3.03. The minimum Gasteiger partial charge on any atom is -0.444 e. The number of carbonyl (C=O) groups is 1. The molecule has 6 nitrogen and oxygen atoms in total. The van der Waals surface area contributed by atoms with Crippen LogP contribution in [0.5, 0.6) is 0 Å². The number of hydrogen-bond acceptors (Lipinski definition) is 6. The van der Waals surface area contributed by atoms with Gasteiger partial charge >= 0.3 is 6.09 Å². The average Bonchev–Trinajstić information content (AvgIpc) is 2.93. The number of thioether (sulfide) groups is 1. The molecule has 0 N–H and O–H groups in total. The Morgan fingerprint density at radius 1 is 1.52 bits per heavy atom. The van der Waals surface area contributed by atoms with E-state index < -0.39 is 5.60 Å². The lowest BCUT2D eigenvalue weighted by molar-refractivity contribution is 0.0232. The molecule has 1 amide bonds. The highest BCUT2D eigenvalue weighted by atomic mass is 32.2. The maximum atomic E-state index is 12.3. The van der Waals surface area contributed by atoms with E-state index in [1.165, 1.54) is 11.8 Å². The van der Waals surface area contributed by atoms with Crippen LogP contribution in [-0.2, 0) is 4.74 Å². The molecule has 0 unspecified atom stereocenters. The van der Waals surface area contributed by atoms with E-state index in [2.05, 4.69) is 14.9 Å². The molecule has 2 rings (SSSR count). The van der Waals surface area contributed by atoms with Gasteiger partial charge in [-0.05, 0) is 45.9 Å². The number of anilines is 1. The van der Waals surface area contributed by atoms with Gasteiger partial charge in [-0.3, -0.25) is 0 Å². The lowest BCUT2D eigenvalue weighted by Gasteiger charge is -2.31. The topological polar surface area (TPSA) is 58.6 Å². The summed E-state index contributed by atoms with van der Waals surface area (Å²) in [5.74, 6) is 0.875. The fourth-order valence-corrected chi connectivity index (χ4v) is 2.99. The van der Waals surface area contributed by atoms with Crippen molar-refractivity contribution >= 4 is 23.7 Å². The smallest absolute Gasteiger partial charge is 0.410 e. The van der Waals surface area contributed by atoms with Gasteiger partial charge < -0.3 is 14.5 Å². The van der Waals surface area contributed by atoms with Crippen molar-refractivity contribution in [2.45, 2.75) is 50.4 Å². The van der Waals surface area contributed by atoms with Crippen LogP contribution in [0.15, 0.2) is 17.4 Å².